The summed E-state index contributed by atoms with van der Waals surface area (Å²) in [6.07, 6.45) is 3.90. The highest BCUT2D eigenvalue weighted by molar-refractivity contribution is 6.02. The first kappa shape index (κ1) is 16.2. The van der Waals surface area contributed by atoms with E-state index in [4.69, 9.17) is 4.74 Å². The zero-order valence-corrected chi connectivity index (χ0v) is 14.1. The molecule has 0 saturated carbocycles. The number of para-hydroxylation sites is 1. The summed E-state index contributed by atoms with van der Waals surface area (Å²) in [5.74, 6) is -0.763. The average molecular weight is 347 g/mol. The molecule has 6 heteroatoms. The number of amides is 1. The lowest BCUT2D eigenvalue weighted by atomic mass is 10.00. The Kier molecular flexibility index (Phi) is 4.31. The van der Waals surface area contributed by atoms with Crippen LogP contribution in [0.4, 0.5) is 0 Å². The molecule has 0 radical (unpaired) electrons. The highest BCUT2D eigenvalue weighted by atomic mass is 16.5. The third kappa shape index (κ3) is 3.13. The minimum Gasteiger partial charge on any atom is -0.452 e. The SMILES string of the molecule is O=C(OCC(=O)N1CCc2ccccc2C1)c1cccc2nccnc12. The third-order valence-electron chi connectivity index (χ3n) is 4.53. The molecule has 1 aromatic heterocycles. The lowest BCUT2D eigenvalue weighted by Crippen LogP contribution is -2.38. The molecule has 6 nitrogen and oxygen atoms in total. The summed E-state index contributed by atoms with van der Waals surface area (Å²) in [6, 6.07) is 13.2. The van der Waals surface area contributed by atoms with Crippen molar-refractivity contribution in [2.75, 3.05) is 13.2 Å². The number of fused-ring (bicyclic) bond motifs is 2. The van der Waals surface area contributed by atoms with Gasteiger partial charge in [0.05, 0.1) is 11.1 Å². The summed E-state index contributed by atoms with van der Waals surface area (Å²) in [4.78, 5) is 34.9. The van der Waals surface area contributed by atoms with Crippen LogP contribution in [-0.4, -0.2) is 39.9 Å². The first-order chi connectivity index (χ1) is 12.7. The van der Waals surface area contributed by atoms with E-state index in [0.717, 1.165) is 12.0 Å². The number of esters is 1. The van der Waals surface area contributed by atoms with Gasteiger partial charge >= 0.3 is 5.97 Å². The Labute approximate surface area is 150 Å². The molecule has 0 spiro atoms. The molecule has 0 N–H and O–H groups in total. The van der Waals surface area contributed by atoms with Crippen molar-refractivity contribution in [1.29, 1.82) is 0 Å². The van der Waals surface area contributed by atoms with Crippen LogP contribution < -0.4 is 0 Å². The number of rotatable bonds is 3. The van der Waals surface area contributed by atoms with E-state index in [9.17, 15) is 9.59 Å². The lowest BCUT2D eigenvalue weighted by Gasteiger charge is -2.28. The minimum atomic E-state index is -0.568. The normalized spacial score (nSPS) is 13.3. The van der Waals surface area contributed by atoms with E-state index in [1.54, 1.807) is 29.3 Å². The van der Waals surface area contributed by atoms with E-state index >= 15 is 0 Å². The maximum Gasteiger partial charge on any atom is 0.340 e. The first-order valence-electron chi connectivity index (χ1n) is 8.44. The van der Waals surface area contributed by atoms with Crippen LogP contribution in [0.25, 0.3) is 11.0 Å². The van der Waals surface area contributed by atoms with Crippen LogP contribution >= 0.6 is 0 Å². The number of hydrogen-bond donors (Lipinski definition) is 0. The summed E-state index contributed by atoms with van der Waals surface area (Å²) >= 11 is 0. The number of nitrogens with zero attached hydrogens (tertiary/aromatic N) is 3. The first-order valence-corrected chi connectivity index (χ1v) is 8.44. The van der Waals surface area contributed by atoms with Crippen molar-refractivity contribution >= 4 is 22.9 Å². The molecule has 0 aliphatic carbocycles. The highest BCUT2D eigenvalue weighted by Crippen LogP contribution is 2.19. The van der Waals surface area contributed by atoms with E-state index < -0.39 is 5.97 Å². The fourth-order valence-corrected chi connectivity index (χ4v) is 3.16. The van der Waals surface area contributed by atoms with Crippen LogP contribution in [0.1, 0.15) is 21.5 Å². The fourth-order valence-electron chi connectivity index (χ4n) is 3.16. The monoisotopic (exact) mass is 347 g/mol. The second-order valence-corrected chi connectivity index (χ2v) is 6.14. The second kappa shape index (κ2) is 6.92. The summed E-state index contributed by atoms with van der Waals surface area (Å²) in [7, 11) is 0. The van der Waals surface area contributed by atoms with E-state index in [0.29, 0.717) is 29.7 Å². The predicted molar refractivity (Wildman–Crippen MR) is 95.4 cm³/mol. The van der Waals surface area contributed by atoms with Crippen molar-refractivity contribution in [3.8, 4) is 0 Å². The molecule has 1 aliphatic rings. The second-order valence-electron chi connectivity index (χ2n) is 6.14. The molecule has 2 aromatic carbocycles. The maximum absolute atomic E-state index is 12.4. The molecule has 3 aromatic rings. The molecule has 0 bridgehead atoms. The molecular weight excluding hydrogens is 330 g/mol. The number of carbonyl (C=O) groups is 2. The summed E-state index contributed by atoms with van der Waals surface area (Å²) in [5, 5.41) is 0. The van der Waals surface area contributed by atoms with E-state index in [1.807, 2.05) is 18.2 Å². The summed E-state index contributed by atoms with van der Waals surface area (Å²) < 4.78 is 5.24. The van der Waals surface area contributed by atoms with Gasteiger partial charge in [-0.3, -0.25) is 14.8 Å². The molecule has 130 valence electrons. The molecular formula is C20H17N3O3. The van der Waals surface area contributed by atoms with Crippen LogP contribution in [0.3, 0.4) is 0 Å². The van der Waals surface area contributed by atoms with Crippen molar-refractivity contribution in [2.24, 2.45) is 0 Å². The van der Waals surface area contributed by atoms with Gasteiger partial charge in [-0.1, -0.05) is 30.3 Å². The Morgan fingerprint density at radius 2 is 1.81 bits per heavy atom. The van der Waals surface area contributed by atoms with E-state index in [1.165, 1.54) is 11.8 Å². The topological polar surface area (TPSA) is 72.4 Å². The molecule has 26 heavy (non-hydrogen) atoms. The molecule has 0 unspecified atom stereocenters. The Bertz CT molecular complexity index is 981. The maximum atomic E-state index is 12.4. The van der Waals surface area contributed by atoms with Gasteiger partial charge in [0.25, 0.3) is 5.91 Å². The zero-order valence-electron chi connectivity index (χ0n) is 14.1. The fraction of sp³-hybridized carbons (Fsp3) is 0.200. The number of aromatic nitrogens is 2. The molecule has 0 saturated heterocycles. The largest absolute Gasteiger partial charge is 0.452 e. The van der Waals surface area contributed by atoms with Crippen molar-refractivity contribution in [1.82, 2.24) is 14.9 Å². The summed E-state index contributed by atoms with van der Waals surface area (Å²) in [5.41, 5.74) is 3.80. The summed E-state index contributed by atoms with van der Waals surface area (Å²) in [6.45, 7) is 0.900. The van der Waals surface area contributed by atoms with Gasteiger partial charge < -0.3 is 9.64 Å². The van der Waals surface area contributed by atoms with Gasteiger partial charge in [-0.2, -0.15) is 0 Å². The Balaban J connectivity index is 1.42. The van der Waals surface area contributed by atoms with Crippen molar-refractivity contribution in [2.45, 2.75) is 13.0 Å². The standard InChI is InChI=1S/C20H17N3O3/c24-18(23-11-8-14-4-1-2-5-15(14)12-23)13-26-20(25)16-6-3-7-17-19(16)22-10-9-21-17/h1-7,9-10H,8,11-13H2. The van der Waals surface area contributed by atoms with E-state index in [-0.39, 0.29) is 12.5 Å². The van der Waals surface area contributed by atoms with Gasteiger partial charge in [0.2, 0.25) is 0 Å². The van der Waals surface area contributed by atoms with Gasteiger partial charge in [0, 0.05) is 25.5 Å². The van der Waals surface area contributed by atoms with Crippen molar-refractivity contribution in [3.05, 3.63) is 71.5 Å². The Hall–Kier alpha value is -3.28. The lowest BCUT2D eigenvalue weighted by molar-refractivity contribution is -0.135. The quantitative estimate of drug-likeness (QED) is 0.680. The molecule has 1 amide bonds. The average Bonchev–Trinajstić information content (AvgIpc) is 2.71. The number of benzene rings is 2. The van der Waals surface area contributed by atoms with Crippen LogP contribution in [0.15, 0.2) is 54.9 Å². The molecule has 0 fully saturated rings. The van der Waals surface area contributed by atoms with Gasteiger partial charge in [-0.25, -0.2) is 4.79 Å². The number of hydrogen-bond acceptors (Lipinski definition) is 5. The highest BCUT2D eigenvalue weighted by Gasteiger charge is 2.22. The van der Waals surface area contributed by atoms with Gasteiger partial charge in [-0.15, -0.1) is 0 Å². The molecule has 2 heterocycles. The number of carbonyl (C=O) groups excluding carboxylic acids is 2. The van der Waals surface area contributed by atoms with Crippen LogP contribution in [-0.2, 0) is 22.5 Å². The third-order valence-corrected chi connectivity index (χ3v) is 4.53. The Morgan fingerprint density at radius 1 is 1.00 bits per heavy atom. The molecule has 0 atom stereocenters. The number of ether oxygens (including phenoxy) is 1. The van der Waals surface area contributed by atoms with E-state index in [2.05, 4.69) is 16.0 Å². The zero-order chi connectivity index (χ0) is 17.9. The van der Waals surface area contributed by atoms with Crippen molar-refractivity contribution < 1.29 is 14.3 Å². The molecule has 1 aliphatic heterocycles. The Morgan fingerprint density at radius 3 is 2.69 bits per heavy atom. The van der Waals surface area contributed by atoms with Gasteiger partial charge in [0.1, 0.15) is 5.52 Å². The van der Waals surface area contributed by atoms with Gasteiger partial charge in [0.15, 0.2) is 6.61 Å². The van der Waals surface area contributed by atoms with Crippen LogP contribution in [0.2, 0.25) is 0 Å². The minimum absolute atomic E-state index is 0.195. The van der Waals surface area contributed by atoms with Crippen molar-refractivity contribution in [3.63, 3.8) is 0 Å². The van der Waals surface area contributed by atoms with Crippen LogP contribution in [0.5, 0.6) is 0 Å². The van der Waals surface area contributed by atoms with Crippen LogP contribution in [0, 0.1) is 0 Å². The molecule has 4 rings (SSSR count). The van der Waals surface area contributed by atoms with Gasteiger partial charge in [-0.05, 0) is 29.7 Å². The predicted octanol–water partition coefficient (Wildman–Crippen LogP) is 2.37. The smallest absolute Gasteiger partial charge is 0.340 e.